The standard InChI is InChI=1S/C19H14Cl4N2O/c20-14-4-1-13(2-5-14)3-6-16(11-25-8-7-24-12-25)26-19-17(22)9-15(21)10-18(19)23/h1-10,12,16H,11H2. The van der Waals surface area contributed by atoms with Crippen LogP contribution in [0.15, 0.2) is 61.2 Å². The van der Waals surface area contributed by atoms with Crippen LogP contribution in [-0.2, 0) is 6.54 Å². The Labute approximate surface area is 171 Å². The number of imidazole rings is 1. The smallest absolute Gasteiger partial charge is 0.157 e. The molecule has 3 nitrogen and oxygen atoms in total. The molecule has 1 aromatic heterocycles. The zero-order valence-electron chi connectivity index (χ0n) is 13.4. The van der Waals surface area contributed by atoms with Crippen molar-refractivity contribution in [3.63, 3.8) is 0 Å². The monoisotopic (exact) mass is 426 g/mol. The van der Waals surface area contributed by atoms with E-state index in [-0.39, 0.29) is 6.10 Å². The van der Waals surface area contributed by atoms with Crippen molar-refractivity contribution in [2.75, 3.05) is 0 Å². The molecule has 0 bridgehead atoms. The van der Waals surface area contributed by atoms with Gasteiger partial charge in [0.05, 0.1) is 22.9 Å². The Morgan fingerprint density at radius 1 is 1.00 bits per heavy atom. The third kappa shape index (κ3) is 5.18. The molecule has 3 rings (SSSR count). The van der Waals surface area contributed by atoms with Crippen LogP contribution in [0.5, 0.6) is 5.75 Å². The molecule has 0 aliphatic heterocycles. The Kier molecular flexibility index (Phi) is 6.49. The van der Waals surface area contributed by atoms with E-state index < -0.39 is 0 Å². The van der Waals surface area contributed by atoms with Gasteiger partial charge in [-0.2, -0.15) is 0 Å². The van der Waals surface area contributed by atoms with Gasteiger partial charge in [-0.3, -0.25) is 0 Å². The molecule has 26 heavy (non-hydrogen) atoms. The summed E-state index contributed by atoms with van der Waals surface area (Å²) in [6, 6.07) is 10.7. The highest BCUT2D eigenvalue weighted by Crippen LogP contribution is 2.36. The molecule has 134 valence electrons. The fourth-order valence-corrected chi connectivity index (χ4v) is 3.36. The molecule has 0 spiro atoms. The van der Waals surface area contributed by atoms with E-state index in [1.54, 1.807) is 24.7 Å². The highest BCUT2D eigenvalue weighted by atomic mass is 35.5. The van der Waals surface area contributed by atoms with E-state index in [1.807, 2.05) is 47.2 Å². The van der Waals surface area contributed by atoms with E-state index in [2.05, 4.69) is 4.98 Å². The van der Waals surface area contributed by atoms with E-state index in [0.717, 1.165) is 5.56 Å². The lowest BCUT2D eigenvalue weighted by molar-refractivity contribution is 0.228. The van der Waals surface area contributed by atoms with Crippen molar-refractivity contribution >= 4 is 52.5 Å². The van der Waals surface area contributed by atoms with Crippen molar-refractivity contribution in [3.05, 3.63) is 86.8 Å². The second-order valence-corrected chi connectivity index (χ2v) is 7.21. The molecule has 2 aromatic carbocycles. The number of benzene rings is 2. The maximum atomic E-state index is 6.24. The van der Waals surface area contributed by atoms with E-state index in [1.165, 1.54) is 0 Å². The van der Waals surface area contributed by atoms with Gasteiger partial charge in [0.2, 0.25) is 0 Å². The van der Waals surface area contributed by atoms with Gasteiger partial charge in [0.25, 0.3) is 0 Å². The fourth-order valence-electron chi connectivity index (χ4n) is 2.33. The average molecular weight is 428 g/mol. The average Bonchev–Trinajstić information content (AvgIpc) is 3.10. The van der Waals surface area contributed by atoms with Crippen molar-refractivity contribution in [1.82, 2.24) is 9.55 Å². The molecule has 0 N–H and O–H groups in total. The molecule has 3 aromatic rings. The van der Waals surface area contributed by atoms with Gasteiger partial charge >= 0.3 is 0 Å². The van der Waals surface area contributed by atoms with Crippen molar-refractivity contribution in [2.45, 2.75) is 12.6 Å². The normalized spacial score (nSPS) is 12.5. The molecule has 0 amide bonds. The van der Waals surface area contributed by atoms with Crippen molar-refractivity contribution in [2.24, 2.45) is 0 Å². The number of nitrogens with zero attached hydrogens (tertiary/aromatic N) is 2. The molecule has 0 saturated heterocycles. The van der Waals surface area contributed by atoms with Gasteiger partial charge in [-0.1, -0.05) is 64.6 Å². The molecule has 1 atom stereocenters. The fraction of sp³-hybridized carbons (Fsp3) is 0.105. The number of ether oxygens (including phenoxy) is 1. The Hall–Kier alpha value is -1.65. The minimum absolute atomic E-state index is 0.323. The lowest BCUT2D eigenvalue weighted by Crippen LogP contribution is -2.20. The van der Waals surface area contributed by atoms with Crippen LogP contribution in [0.2, 0.25) is 20.1 Å². The molecular weight excluding hydrogens is 414 g/mol. The number of halogens is 4. The van der Waals surface area contributed by atoms with Gasteiger partial charge in [-0.05, 0) is 35.9 Å². The number of rotatable bonds is 6. The Morgan fingerprint density at radius 3 is 2.31 bits per heavy atom. The van der Waals surface area contributed by atoms with Crippen LogP contribution in [-0.4, -0.2) is 15.7 Å². The lowest BCUT2D eigenvalue weighted by atomic mass is 10.2. The number of aromatic nitrogens is 2. The maximum absolute atomic E-state index is 6.24. The first-order chi connectivity index (χ1) is 12.5. The molecular formula is C19H14Cl4N2O. The highest BCUT2D eigenvalue weighted by Gasteiger charge is 2.15. The quantitative estimate of drug-likeness (QED) is 0.439. The lowest BCUT2D eigenvalue weighted by Gasteiger charge is -2.18. The SMILES string of the molecule is Clc1ccc(C=CC(Cn2ccnc2)Oc2c(Cl)cc(Cl)cc2Cl)cc1. The summed E-state index contributed by atoms with van der Waals surface area (Å²) in [6.45, 7) is 0.541. The molecule has 1 unspecified atom stereocenters. The minimum Gasteiger partial charge on any atom is -0.481 e. The van der Waals surface area contributed by atoms with Crippen LogP contribution in [0, 0.1) is 0 Å². The Bertz CT molecular complexity index is 869. The predicted molar refractivity (Wildman–Crippen MR) is 109 cm³/mol. The minimum atomic E-state index is -0.323. The van der Waals surface area contributed by atoms with Gasteiger partial charge in [-0.25, -0.2) is 4.98 Å². The summed E-state index contributed by atoms with van der Waals surface area (Å²) in [5, 5.41) is 1.86. The zero-order valence-corrected chi connectivity index (χ0v) is 16.5. The van der Waals surface area contributed by atoms with Gasteiger partial charge in [0.1, 0.15) is 6.10 Å². The van der Waals surface area contributed by atoms with Crippen LogP contribution in [0.1, 0.15) is 5.56 Å². The predicted octanol–water partition coefficient (Wildman–Crippen LogP) is 6.66. The van der Waals surface area contributed by atoms with Crippen molar-refractivity contribution in [3.8, 4) is 5.75 Å². The zero-order chi connectivity index (χ0) is 18.5. The maximum Gasteiger partial charge on any atom is 0.157 e. The van der Waals surface area contributed by atoms with Gasteiger partial charge in [0.15, 0.2) is 5.75 Å². The van der Waals surface area contributed by atoms with Crippen LogP contribution >= 0.6 is 46.4 Å². The van der Waals surface area contributed by atoms with Crippen LogP contribution in [0.4, 0.5) is 0 Å². The summed E-state index contributed by atoms with van der Waals surface area (Å²) in [4.78, 5) is 4.06. The second kappa shape index (κ2) is 8.83. The number of hydrogen-bond acceptors (Lipinski definition) is 2. The molecule has 7 heteroatoms. The van der Waals surface area contributed by atoms with E-state index in [0.29, 0.717) is 32.4 Å². The summed E-state index contributed by atoms with van der Waals surface area (Å²) < 4.78 is 7.98. The van der Waals surface area contributed by atoms with Crippen LogP contribution < -0.4 is 4.74 Å². The molecule has 0 aliphatic rings. The van der Waals surface area contributed by atoms with Gasteiger partial charge in [-0.15, -0.1) is 0 Å². The van der Waals surface area contributed by atoms with Crippen molar-refractivity contribution < 1.29 is 4.74 Å². The largest absolute Gasteiger partial charge is 0.481 e. The molecule has 0 aliphatic carbocycles. The second-order valence-electron chi connectivity index (χ2n) is 5.53. The summed E-state index contributed by atoms with van der Waals surface area (Å²) >= 11 is 24.4. The van der Waals surface area contributed by atoms with Crippen molar-refractivity contribution in [1.29, 1.82) is 0 Å². The summed E-state index contributed by atoms with van der Waals surface area (Å²) in [6.07, 6.45) is 8.85. The Morgan fingerprint density at radius 2 is 1.69 bits per heavy atom. The molecule has 1 heterocycles. The molecule has 0 radical (unpaired) electrons. The number of hydrogen-bond donors (Lipinski definition) is 0. The van der Waals surface area contributed by atoms with Crippen LogP contribution in [0.25, 0.3) is 6.08 Å². The summed E-state index contributed by atoms with van der Waals surface area (Å²) in [5.41, 5.74) is 1.00. The Balaban J connectivity index is 1.84. The van der Waals surface area contributed by atoms with E-state index >= 15 is 0 Å². The molecule has 0 fully saturated rings. The van der Waals surface area contributed by atoms with E-state index in [9.17, 15) is 0 Å². The van der Waals surface area contributed by atoms with Gasteiger partial charge in [0, 0.05) is 22.4 Å². The topological polar surface area (TPSA) is 27.1 Å². The first-order valence-corrected chi connectivity index (χ1v) is 9.23. The molecule has 0 saturated carbocycles. The van der Waals surface area contributed by atoms with E-state index in [4.69, 9.17) is 51.1 Å². The summed E-state index contributed by atoms with van der Waals surface area (Å²) in [7, 11) is 0. The third-order valence-electron chi connectivity index (χ3n) is 3.56. The summed E-state index contributed by atoms with van der Waals surface area (Å²) in [5.74, 6) is 0.392. The first-order valence-electron chi connectivity index (χ1n) is 7.72. The first kappa shape index (κ1) is 19.1. The third-order valence-corrected chi connectivity index (χ3v) is 4.59. The highest BCUT2D eigenvalue weighted by molar-refractivity contribution is 6.40. The van der Waals surface area contributed by atoms with Gasteiger partial charge < -0.3 is 9.30 Å². The van der Waals surface area contributed by atoms with Crippen LogP contribution in [0.3, 0.4) is 0 Å².